The van der Waals surface area contributed by atoms with Gasteiger partial charge in [0.1, 0.15) is 5.75 Å². The van der Waals surface area contributed by atoms with Gasteiger partial charge in [-0.2, -0.15) is 0 Å². The third-order valence-corrected chi connectivity index (χ3v) is 3.23. The van der Waals surface area contributed by atoms with Crippen LogP contribution in [-0.4, -0.2) is 12.9 Å². The molecule has 0 unspecified atom stereocenters. The van der Waals surface area contributed by atoms with Crippen LogP contribution in [0, 0.1) is 5.92 Å². The molecule has 0 radical (unpaired) electrons. The minimum Gasteiger partial charge on any atom is -0.497 e. The van der Waals surface area contributed by atoms with E-state index < -0.39 is 0 Å². The van der Waals surface area contributed by atoms with Crippen molar-refractivity contribution in [3.8, 4) is 5.75 Å². The van der Waals surface area contributed by atoms with E-state index in [2.05, 4.69) is 0 Å². The molecule has 1 saturated carbocycles. The van der Waals surface area contributed by atoms with Crippen molar-refractivity contribution in [3.63, 3.8) is 0 Å². The van der Waals surface area contributed by atoms with E-state index in [0.29, 0.717) is 16.3 Å². The van der Waals surface area contributed by atoms with E-state index in [1.165, 1.54) is 0 Å². The minimum atomic E-state index is 0.175. The molecule has 1 aliphatic rings. The first-order chi connectivity index (χ1) is 7.22. The van der Waals surface area contributed by atoms with Crippen molar-refractivity contribution in [1.82, 2.24) is 0 Å². The molecule has 0 amide bonds. The van der Waals surface area contributed by atoms with E-state index in [9.17, 15) is 4.79 Å². The summed E-state index contributed by atoms with van der Waals surface area (Å²) in [7, 11) is 1.58. The van der Waals surface area contributed by atoms with Crippen LogP contribution in [0.15, 0.2) is 18.2 Å². The Hall–Kier alpha value is -1.02. The first-order valence-corrected chi connectivity index (χ1v) is 5.48. The summed E-state index contributed by atoms with van der Waals surface area (Å²) in [5, 5.41) is 0.492. The Morgan fingerprint density at radius 1 is 1.47 bits per heavy atom. The van der Waals surface area contributed by atoms with Gasteiger partial charge in [-0.3, -0.25) is 4.79 Å². The Kier molecular flexibility index (Phi) is 2.96. The maximum Gasteiger partial charge on any atom is 0.167 e. The van der Waals surface area contributed by atoms with Gasteiger partial charge in [-0.25, -0.2) is 0 Å². The van der Waals surface area contributed by atoms with Gasteiger partial charge in [-0.1, -0.05) is 18.0 Å². The van der Waals surface area contributed by atoms with E-state index in [1.807, 2.05) is 0 Å². The number of ether oxygens (including phenoxy) is 1. The molecule has 15 heavy (non-hydrogen) atoms. The third kappa shape index (κ3) is 2.00. The maximum absolute atomic E-state index is 11.9. The number of benzene rings is 1. The average molecular weight is 225 g/mol. The van der Waals surface area contributed by atoms with Crippen LogP contribution in [0.3, 0.4) is 0 Å². The zero-order valence-corrected chi connectivity index (χ0v) is 9.38. The molecule has 3 heteroatoms. The summed E-state index contributed by atoms with van der Waals surface area (Å²) in [6.07, 6.45) is 3.16. The number of hydrogen-bond donors (Lipinski definition) is 0. The number of carbonyl (C=O) groups is 1. The minimum absolute atomic E-state index is 0.175. The number of Topliss-reactive ketones (excluding diaryl/α,β-unsaturated/α-hetero) is 1. The van der Waals surface area contributed by atoms with Gasteiger partial charge in [-0.05, 0) is 31.0 Å². The van der Waals surface area contributed by atoms with E-state index >= 15 is 0 Å². The highest BCUT2D eigenvalue weighted by Gasteiger charge is 2.27. The number of methoxy groups -OCH3 is 1. The number of rotatable bonds is 3. The number of hydrogen-bond acceptors (Lipinski definition) is 2. The summed E-state index contributed by atoms with van der Waals surface area (Å²) in [4.78, 5) is 11.9. The van der Waals surface area contributed by atoms with Gasteiger partial charge in [0.2, 0.25) is 0 Å². The Bertz CT molecular complexity index is 383. The second-order valence-electron chi connectivity index (χ2n) is 3.84. The van der Waals surface area contributed by atoms with Crippen molar-refractivity contribution >= 4 is 17.4 Å². The van der Waals surface area contributed by atoms with Crippen molar-refractivity contribution < 1.29 is 9.53 Å². The quantitative estimate of drug-likeness (QED) is 0.737. The molecule has 0 atom stereocenters. The molecule has 0 heterocycles. The van der Waals surface area contributed by atoms with Crippen molar-refractivity contribution in [2.45, 2.75) is 19.3 Å². The fourth-order valence-electron chi connectivity index (χ4n) is 1.71. The molecule has 0 saturated heterocycles. The Morgan fingerprint density at radius 3 is 2.67 bits per heavy atom. The lowest BCUT2D eigenvalue weighted by molar-refractivity contribution is 0.0855. The first-order valence-electron chi connectivity index (χ1n) is 5.10. The largest absolute Gasteiger partial charge is 0.497 e. The highest BCUT2D eigenvalue weighted by molar-refractivity contribution is 6.34. The van der Waals surface area contributed by atoms with Crippen LogP contribution in [0.25, 0.3) is 0 Å². The van der Waals surface area contributed by atoms with Crippen LogP contribution in [0.4, 0.5) is 0 Å². The number of ketones is 1. The maximum atomic E-state index is 11.9. The molecule has 1 fully saturated rings. The van der Waals surface area contributed by atoms with Crippen molar-refractivity contribution in [2.24, 2.45) is 5.92 Å². The van der Waals surface area contributed by atoms with Gasteiger partial charge in [-0.15, -0.1) is 0 Å². The highest BCUT2D eigenvalue weighted by atomic mass is 35.5. The Labute approximate surface area is 94.2 Å². The van der Waals surface area contributed by atoms with E-state index in [0.717, 1.165) is 19.3 Å². The van der Waals surface area contributed by atoms with Crippen LogP contribution in [0.2, 0.25) is 5.02 Å². The lowest BCUT2D eigenvalue weighted by Crippen LogP contribution is -2.22. The van der Waals surface area contributed by atoms with Gasteiger partial charge < -0.3 is 4.74 Å². The van der Waals surface area contributed by atoms with Crippen molar-refractivity contribution in [2.75, 3.05) is 7.11 Å². The highest BCUT2D eigenvalue weighted by Crippen LogP contribution is 2.33. The fourth-order valence-corrected chi connectivity index (χ4v) is 1.98. The topological polar surface area (TPSA) is 26.3 Å². The third-order valence-electron chi connectivity index (χ3n) is 2.92. The summed E-state index contributed by atoms with van der Waals surface area (Å²) >= 11 is 6.03. The van der Waals surface area contributed by atoms with Crippen LogP contribution in [0.1, 0.15) is 29.6 Å². The molecule has 0 spiro atoms. The summed E-state index contributed by atoms with van der Waals surface area (Å²) in [5.74, 6) is 1.05. The predicted molar refractivity (Wildman–Crippen MR) is 59.7 cm³/mol. The predicted octanol–water partition coefficient (Wildman–Crippen LogP) is 3.33. The summed E-state index contributed by atoms with van der Waals surface area (Å²) in [5.41, 5.74) is 0.627. The molecule has 0 aliphatic heterocycles. The molecule has 1 aliphatic carbocycles. The first kappa shape index (κ1) is 10.5. The van der Waals surface area contributed by atoms with E-state index in [4.69, 9.17) is 16.3 Å². The summed E-state index contributed by atoms with van der Waals surface area (Å²) in [6.45, 7) is 0. The normalized spacial score (nSPS) is 15.9. The lowest BCUT2D eigenvalue weighted by Gasteiger charge is -2.24. The molecule has 0 bridgehead atoms. The molecule has 2 nitrogen and oxygen atoms in total. The molecule has 1 aromatic carbocycles. The van der Waals surface area contributed by atoms with Crippen LogP contribution in [0.5, 0.6) is 5.75 Å². The molecule has 80 valence electrons. The Morgan fingerprint density at radius 2 is 2.20 bits per heavy atom. The van der Waals surface area contributed by atoms with Gasteiger partial charge >= 0.3 is 0 Å². The lowest BCUT2D eigenvalue weighted by atomic mass is 9.80. The second kappa shape index (κ2) is 4.23. The second-order valence-corrected chi connectivity index (χ2v) is 4.25. The van der Waals surface area contributed by atoms with Crippen molar-refractivity contribution in [3.05, 3.63) is 28.8 Å². The van der Waals surface area contributed by atoms with Crippen LogP contribution < -0.4 is 4.74 Å². The summed E-state index contributed by atoms with van der Waals surface area (Å²) < 4.78 is 5.03. The standard InChI is InChI=1S/C12H13ClO2/c1-15-9-5-6-10(11(13)7-9)12(14)8-3-2-4-8/h5-8H,2-4H2,1H3. The van der Waals surface area contributed by atoms with Gasteiger partial charge in [0.25, 0.3) is 0 Å². The SMILES string of the molecule is COc1ccc(C(=O)C2CCC2)c(Cl)c1. The number of carbonyl (C=O) groups excluding carboxylic acids is 1. The van der Waals surface area contributed by atoms with Gasteiger partial charge in [0.15, 0.2) is 5.78 Å². The Balaban J connectivity index is 2.24. The fraction of sp³-hybridized carbons (Fsp3) is 0.417. The molecule has 0 aromatic heterocycles. The molecule has 1 aromatic rings. The molecule has 0 N–H and O–H groups in total. The van der Waals surface area contributed by atoms with E-state index in [1.54, 1.807) is 25.3 Å². The average Bonchev–Trinajstić information content (AvgIpc) is 2.14. The number of halogens is 1. The van der Waals surface area contributed by atoms with Gasteiger partial charge in [0.05, 0.1) is 12.1 Å². The monoisotopic (exact) mass is 224 g/mol. The van der Waals surface area contributed by atoms with Crippen LogP contribution >= 0.6 is 11.6 Å². The zero-order chi connectivity index (χ0) is 10.8. The van der Waals surface area contributed by atoms with E-state index in [-0.39, 0.29) is 11.7 Å². The van der Waals surface area contributed by atoms with Crippen LogP contribution in [-0.2, 0) is 0 Å². The summed E-state index contributed by atoms with van der Waals surface area (Å²) in [6, 6.07) is 5.22. The zero-order valence-electron chi connectivity index (χ0n) is 8.63. The van der Waals surface area contributed by atoms with Crippen molar-refractivity contribution in [1.29, 1.82) is 0 Å². The smallest absolute Gasteiger partial charge is 0.167 e. The molecule has 2 rings (SSSR count). The molecular formula is C12H13ClO2. The molecular weight excluding hydrogens is 212 g/mol. The van der Waals surface area contributed by atoms with Gasteiger partial charge in [0, 0.05) is 11.5 Å².